The van der Waals surface area contributed by atoms with Crippen molar-refractivity contribution in [2.75, 3.05) is 0 Å². The molecule has 0 spiro atoms. The van der Waals surface area contributed by atoms with Gasteiger partial charge in [0.05, 0.1) is 0 Å². The predicted octanol–water partition coefficient (Wildman–Crippen LogP) is 1.99. The third-order valence-corrected chi connectivity index (χ3v) is 0.859. The van der Waals surface area contributed by atoms with E-state index < -0.39 is 0 Å². The van der Waals surface area contributed by atoms with Crippen LogP contribution in [-0.2, 0) is 21.1 Å². The van der Waals surface area contributed by atoms with Crippen molar-refractivity contribution < 1.29 is 21.1 Å². The fraction of sp³-hybridized carbons (Fsp3) is 0.429. The zero-order chi connectivity index (χ0) is 5.86. The molecule has 0 radical (unpaired) electrons. The molecule has 0 heterocycles. The van der Waals surface area contributed by atoms with Crippen LogP contribution in [0.25, 0.3) is 0 Å². The first-order valence-electron chi connectivity index (χ1n) is 2.35. The van der Waals surface area contributed by atoms with Crippen LogP contribution in [0.15, 0.2) is 11.6 Å². The van der Waals surface area contributed by atoms with E-state index in [0.29, 0.717) is 5.92 Å². The van der Waals surface area contributed by atoms with Crippen molar-refractivity contribution in [3.63, 3.8) is 0 Å². The van der Waals surface area contributed by atoms with Gasteiger partial charge in [-0.2, -0.15) is 0 Å². The molecule has 0 saturated heterocycles. The molecule has 0 aliphatic rings. The SMILES string of the molecule is [CH-]=CC(=[CH-])C(C)C.[W+2]. The van der Waals surface area contributed by atoms with E-state index in [1.165, 1.54) is 6.08 Å². The molecule has 8 heavy (non-hydrogen) atoms. The van der Waals surface area contributed by atoms with Crippen molar-refractivity contribution in [3.8, 4) is 0 Å². The van der Waals surface area contributed by atoms with Crippen LogP contribution in [0.1, 0.15) is 13.8 Å². The van der Waals surface area contributed by atoms with Crippen LogP contribution in [-0.4, -0.2) is 0 Å². The molecule has 0 aliphatic heterocycles. The molecule has 0 aromatic carbocycles. The smallest absolute Gasteiger partial charge is 0.394 e. The predicted molar refractivity (Wildman–Crippen MR) is 31.5 cm³/mol. The summed E-state index contributed by atoms with van der Waals surface area (Å²) in [6, 6.07) is 0. The van der Waals surface area contributed by atoms with Crippen molar-refractivity contribution in [3.05, 3.63) is 24.8 Å². The first-order valence-corrected chi connectivity index (χ1v) is 2.35. The van der Waals surface area contributed by atoms with Crippen molar-refractivity contribution in [1.82, 2.24) is 0 Å². The first-order chi connectivity index (χ1) is 3.18. The van der Waals surface area contributed by atoms with E-state index in [9.17, 15) is 0 Å². The van der Waals surface area contributed by atoms with E-state index in [2.05, 4.69) is 0 Å². The van der Waals surface area contributed by atoms with Crippen LogP contribution in [0.2, 0.25) is 0 Å². The van der Waals surface area contributed by atoms with Crippen LogP contribution in [0.3, 0.4) is 0 Å². The van der Waals surface area contributed by atoms with Gasteiger partial charge in [0.1, 0.15) is 0 Å². The summed E-state index contributed by atoms with van der Waals surface area (Å²) in [4.78, 5) is 0. The molecule has 0 aliphatic carbocycles. The summed E-state index contributed by atoms with van der Waals surface area (Å²) in [6.45, 7) is 14.4. The minimum atomic E-state index is 0. The maximum absolute atomic E-state index is 5.35. The van der Waals surface area contributed by atoms with Crippen molar-refractivity contribution in [2.45, 2.75) is 13.8 Å². The van der Waals surface area contributed by atoms with Gasteiger partial charge in [-0.25, -0.2) is 0 Å². The van der Waals surface area contributed by atoms with Crippen LogP contribution in [0, 0.1) is 19.1 Å². The maximum atomic E-state index is 5.35. The van der Waals surface area contributed by atoms with Gasteiger partial charge in [-0.3, -0.25) is 0 Å². The van der Waals surface area contributed by atoms with Gasteiger partial charge >= 0.3 is 21.1 Å². The minimum Gasteiger partial charge on any atom is -0.394 e. The van der Waals surface area contributed by atoms with Gasteiger partial charge in [0.25, 0.3) is 0 Å². The second kappa shape index (κ2) is 5.31. The summed E-state index contributed by atoms with van der Waals surface area (Å²) in [5.74, 6) is 0.380. The Morgan fingerprint density at radius 3 is 1.88 bits per heavy atom. The average molecular weight is 278 g/mol. The Morgan fingerprint density at radius 2 is 1.88 bits per heavy atom. The molecule has 0 N–H and O–H groups in total. The first kappa shape index (κ1) is 11.0. The van der Waals surface area contributed by atoms with Gasteiger partial charge in [0.2, 0.25) is 0 Å². The second-order valence-electron chi connectivity index (χ2n) is 1.82. The molecule has 0 unspecified atom stereocenters. The molecule has 0 aromatic heterocycles. The molecule has 44 valence electrons. The Hall–Kier alpha value is 0.168. The van der Waals surface area contributed by atoms with E-state index in [1.54, 1.807) is 0 Å². The van der Waals surface area contributed by atoms with Gasteiger partial charge in [-0.05, 0) is 0 Å². The summed E-state index contributed by atoms with van der Waals surface area (Å²) in [5.41, 5.74) is 0.750. The molecular weight excluding hydrogens is 268 g/mol. The van der Waals surface area contributed by atoms with Gasteiger partial charge in [-0.15, -0.1) is 5.92 Å². The Labute approximate surface area is 65.9 Å². The molecule has 0 aromatic rings. The molecule has 0 amide bonds. The van der Waals surface area contributed by atoms with Crippen molar-refractivity contribution in [2.24, 2.45) is 5.92 Å². The molecule has 0 bridgehead atoms. The molecule has 0 nitrogen and oxygen atoms in total. The second-order valence-corrected chi connectivity index (χ2v) is 1.82. The van der Waals surface area contributed by atoms with Gasteiger partial charge in [0, 0.05) is 0 Å². The molecule has 0 saturated carbocycles. The topological polar surface area (TPSA) is 0 Å². The Kier molecular flexibility index (Phi) is 7.32. The Balaban J connectivity index is 0. The fourth-order valence-corrected chi connectivity index (χ4v) is 0.192. The zero-order valence-corrected chi connectivity index (χ0v) is 8.15. The zero-order valence-electron chi connectivity index (χ0n) is 5.22. The van der Waals surface area contributed by atoms with Crippen molar-refractivity contribution >= 4 is 0 Å². The van der Waals surface area contributed by atoms with Gasteiger partial charge < -0.3 is 24.8 Å². The third-order valence-electron chi connectivity index (χ3n) is 0.859. The average Bonchev–Trinajstić information content (AvgIpc) is 1.65. The largest absolute Gasteiger partial charge is 2.00 e. The molecule has 1 heteroatoms. The van der Waals surface area contributed by atoms with E-state index in [0.717, 1.165) is 5.57 Å². The van der Waals surface area contributed by atoms with Crippen LogP contribution in [0.5, 0.6) is 0 Å². The summed E-state index contributed by atoms with van der Waals surface area (Å²) in [6.07, 6.45) is 1.44. The van der Waals surface area contributed by atoms with Crippen LogP contribution >= 0.6 is 0 Å². The number of hydrogen-bond acceptors (Lipinski definition) is 0. The standard InChI is InChI=1S/C7H10.W/c1-5-7(4)6(2)3;/h1,4-6H,2-3H3;/q-2;+2. The quantitative estimate of drug-likeness (QED) is 0.535. The number of allylic oxidation sites excluding steroid dienone is 2. The Morgan fingerprint density at radius 1 is 1.50 bits per heavy atom. The van der Waals surface area contributed by atoms with E-state index in [4.69, 9.17) is 13.2 Å². The van der Waals surface area contributed by atoms with E-state index in [1.807, 2.05) is 13.8 Å². The van der Waals surface area contributed by atoms with Crippen LogP contribution in [0.4, 0.5) is 0 Å². The van der Waals surface area contributed by atoms with Crippen molar-refractivity contribution in [1.29, 1.82) is 0 Å². The summed E-state index contributed by atoms with van der Waals surface area (Å²) in [7, 11) is 0. The Bertz CT molecular complexity index is 82.4. The maximum Gasteiger partial charge on any atom is 2.00 e. The third kappa shape index (κ3) is 4.33. The van der Waals surface area contributed by atoms with E-state index in [-0.39, 0.29) is 21.1 Å². The molecule has 0 fully saturated rings. The van der Waals surface area contributed by atoms with Gasteiger partial charge in [-0.1, -0.05) is 13.8 Å². The van der Waals surface area contributed by atoms with Gasteiger partial charge in [0.15, 0.2) is 0 Å². The fourth-order valence-electron chi connectivity index (χ4n) is 0.192. The summed E-state index contributed by atoms with van der Waals surface area (Å²) < 4.78 is 0. The summed E-state index contributed by atoms with van der Waals surface area (Å²) in [5, 5.41) is 0. The summed E-state index contributed by atoms with van der Waals surface area (Å²) >= 11 is 0. The number of rotatable bonds is 2. The van der Waals surface area contributed by atoms with Crippen LogP contribution < -0.4 is 0 Å². The minimum absolute atomic E-state index is 0. The van der Waals surface area contributed by atoms with E-state index >= 15 is 0 Å². The molecule has 0 rings (SSSR count). The molecule has 0 atom stereocenters. The molecular formula is C7H10W. The number of hydrogen-bond donors (Lipinski definition) is 0. The monoisotopic (exact) mass is 278 g/mol. The normalized spacial score (nSPS) is 7.88.